The highest BCUT2D eigenvalue weighted by Crippen LogP contribution is 2.27. The van der Waals surface area contributed by atoms with Gasteiger partial charge in [-0.2, -0.15) is 5.10 Å². The molecule has 1 saturated heterocycles. The van der Waals surface area contributed by atoms with Crippen LogP contribution in [-0.4, -0.2) is 34.9 Å². The first-order chi connectivity index (χ1) is 13.8. The molecule has 3 aromatic rings. The molecule has 1 unspecified atom stereocenters. The molecular weight excluding hydrogens is 370 g/mol. The minimum absolute atomic E-state index is 0.0940. The molecule has 1 fully saturated rings. The molecule has 3 heterocycles. The summed E-state index contributed by atoms with van der Waals surface area (Å²) in [6, 6.07) is 14.4. The predicted molar refractivity (Wildman–Crippen MR) is 112 cm³/mol. The van der Waals surface area contributed by atoms with E-state index in [4.69, 9.17) is 9.84 Å². The highest BCUT2D eigenvalue weighted by atomic mass is 32.1. The van der Waals surface area contributed by atoms with E-state index < -0.39 is 0 Å². The molecule has 0 spiro atoms. The highest BCUT2D eigenvalue weighted by molar-refractivity contribution is 7.13. The van der Waals surface area contributed by atoms with Gasteiger partial charge in [0, 0.05) is 24.4 Å². The molecule has 1 N–H and O–H groups in total. The molecule has 28 heavy (non-hydrogen) atoms. The average Bonchev–Trinajstić information content (AvgIpc) is 3.38. The van der Waals surface area contributed by atoms with Crippen LogP contribution in [0.5, 0.6) is 0 Å². The molecule has 2 aromatic heterocycles. The third-order valence-corrected chi connectivity index (χ3v) is 5.53. The molecule has 0 bridgehead atoms. The lowest BCUT2D eigenvalue weighted by Crippen LogP contribution is -2.39. The number of hydrogen-bond acceptors (Lipinski definition) is 4. The number of rotatable bonds is 6. The number of thiophene rings is 1. The molecule has 1 aliphatic heterocycles. The Morgan fingerprint density at radius 3 is 2.93 bits per heavy atom. The quantitative estimate of drug-likeness (QED) is 0.645. The van der Waals surface area contributed by atoms with Crippen LogP contribution < -0.4 is 5.32 Å². The van der Waals surface area contributed by atoms with Crippen LogP contribution in [0.15, 0.2) is 60.1 Å². The Bertz CT molecular complexity index is 926. The number of nitrogens with zero attached hydrogens (tertiary/aromatic N) is 2. The van der Waals surface area contributed by atoms with Gasteiger partial charge in [0.1, 0.15) is 5.69 Å². The van der Waals surface area contributed by atoms with Crippen molar-refractivity contribution in [2.45, 2.75) is 25.4 Å². The number of amides is 1. The van der Waals surface area contributed by atoms with Gasteiger partial charge in [-0.05, 0) is 35.9 Å². The molecule has 144 valence electrons. The van der Waals surface area contributed by atoms with Gasteiger partial charge in [0.05, 0.1) is 24.1 Å². The molecule has 0 radical (unpaired) electrons. The highest BCUT2D eigenvalue weighted by Gasteiger charge is 2.15. The van der Waals surface area contributed by atoms with Crippen molar-refractivity contribution >= 4 is 23.3 Å². The van der Waals surface area contributed by atoms with E-state index in [9.17, 15) is 4.79 Å². The largest absolute Gasteiger partial charge is 0.379 e. The SMILES string of the molecule is O=C(/C=C/c1cn(Cc2ccccc2)nc1-c1cccs1)NC1CCCOC1. The van der Waals surface area contributed by atoms with E-state index in [0.717, 1.165) is 35.6 Å². The maximum absolute atomic E-state index is 12.3. The number of carbonyl (C=O) groups is 1. The van der Waals surface area contributed by atoms with Gasteiger partial charge in [0.25, 0.3) is 0 Å². The van der Waals surface area contributed by atoms with Crippen molar-refractivity contribution in [3.63, 3.8) is 0 Å². The minimum Gasteiger partial charge on any atom is -0.379 e. The Labute approximate surface area is 168 Å². The molecule has 5 nitrogen and oxygen atoms in total. The van der Waals surface area contributed by atoms with Crippen LogP contribution in [-0.2, 0) is 16.1 Å². The fourth-order valence-corrected chi connectivity index (χ4v) is 4.02. The Morgan fingerprint density at radius 2 is 2.18 bits per heavy atom. The van der Waals surface area contributed by atoms with Gasteiger partial charge in [0.15, 0.2) is 0 Å². The van der Waals surface area contributed by atoms with E-state index in [2.05, 4.69) is 23.5 Å². The maximum atomic E-state index is 12.3. The molecule has 1 aliphatic rings. The van der Waals surface area contributed by atoms with Crippen molar-refractivity contribution in [3.05, 3.63) is 71.2 Å². The van der Waals surface area contributed by atoms with E-state index in [1.165, 1.54) is 5.56 Å². The minimum atomic E-state index is -0.0940. The number of benzene rings is 1. The first-order valence-corrected chi connectivity index (χ1v) is 10.4. The van der Waals surface area contributed by atoms with Crippen molar-refractivity contribution in [2.24, 2.45) is 0 Å². The Hall–Kier alpha value is -2.70. The molecule has 0 saturated carbocycles. The van der Waals surface area contributed by atoms with Crippen molar-refractivity contribution < 1.29 is 9.53 Å². The van der Waals surface area contributed by atoms with Crippen LogP contribution in [0.3, 0.4) is 0 Å². The van der Waals surface area contributed by atoms with Crippen LogP contribution in [0.25, 0.3) is 16.6 Å². The second-order valence-electron chi connectivity index (χ2n) is 6.85. The molecule has 0 aliphatic carbocycles. The van der Waals surface area contributed by atoms with Crippen LogP contribution in [0, 0.1) is 0 Å². The Morgan fingerprint density at radius 1 is 1.29 bits per heavy atom. The molecule has 1 aromatic carbocycles. The van der Waals surface area contributed by atoms with Crippen LogP contribution in [0.2, 0.25) is 0 Å². The topological polar surface area (TPSA) is 56.2 Å². The number of hydrogen-bond donors (Lipinski definition) is 1. The first kappa shape index (κ1) is 18.7. The van der Waals surface area contributed by atoms with E-state index in [-0.39, 0.29) is 11.9 Å². The van der Waals surface area contributed by atoms with Gasteiger partial charge >= 0.3 is 0 Å². The summed E-state index contributed by atoms with van der Waals surface area (Å²) in [4.78, 5) is 13.4. The van der Waals surface area contributed by atoms with Gasteiger partial charge < -0.3 is 10.1 Å². The second-order valence-corrected chi connectivity index (χ2v) is 7.80. The molecule has 1 atom stereocenters. The second kappa shape index (κ2) is 8.99. The van der Waals surface area contributed by atoms with E-state index in [1.807, 2.05) is 46.6 Å². The van der Waals surface area contributed by atoms with Crippen molar-refractivity contribution in [2.75, 3.05) is 13.2 Å². The van der Waals surface area contributed by atoms with E-state index in [0.29, 0.717) is 13.2 Å². The van der Waals surface area contributed by atoms with Gasteiger partial charge in [-0.1, -0.05) is 36.4 Å². The van der Waals surface area contributed by atoms with Crippen LogP contribution in [0.4, 0.5) is 0 Å². The summed E-state index contributed by atoms with van der Waals surface area (Å²) in [6.07, 6.45) is 7.40. The zero-order valence-electron chi connectivity index (χ0n) is 15.6. The van der Waals surface area contributed by atoms with Crippen molar-refractivity contribution in [1.29, 1.82) is 0 Å². The zero-order valence-corrected chi connectivity index (χ0v) is 16.4. The van der Waals surface area contributed by atoms with Gasteiger partial charge in [-0.25, -0.2) is 0 Å². The summed E-state index contributed by atoms with van der Waals surface area (Å²) >= 11 is 1.65. The fraction of sp³-hybridized carbons (Fsp3) is 0.273. The third kappa shape index (κ3) is 4.77. The standard InChI is InChI=1S/C22H23N3O2S/c26-21(23-19-8-4-12-27-16-19)11-10-18-15-25(14-17-6-2-1-3-7-17)24-22(18)20-9-5-13-28-20/h1-3,5-7,9-11,13,15,19H,4,8,12,14,16H2,(H,23,26)/b11-10+. The van der Waals surface area contributed by atoms with Gasteiger partial charge in [-0.15, -0.1) is 11.3 Å². The number of nitrogens with one attached hydrogen (secondary N) is 1. The smallest absolute Gasteiger partial charge is 0.244 e. The summed E-state index contributed by atoms with van der Waals surface area (Å²) in [5.74, 6) is -0.0940. The lowest BCUT2D eigenvalue weighted by atomic mass is 10.1. The van der Waals surface area contributed by atoms with Crippen molar-refractivity contribution in [1.82, 2.24) is 15.1 Å². The summed E-state index contributed by atoms with van der Waals surface area (Å²) in [7, 11) is 0. The average molecular weight is 394 g/mol. The fourth-order valence-electron chi connectivity index (χ4n) is 3.28. The summed E-state index contributed by atoms with van der Waals surface area (Å²) in [6.45, 7) is 2.07. The van der Waals surface area contributed by atoms with Gasteiger partial charge in [0.2, 0.25) is 5.91 Å². The third-order valence-electron chi connectivity index (χ3n) is 4.65. The molecular formula is C22H23N3O2S. The molecule has 1 amide bonds. The number of aromatic nitrogens is 2. The van der Waals surface area contributed by atoms with Crippen LogP contribution >= 0.6 is 11.3 Å². The Balaban J connectivity index is 1.52. The summed E-state index contributed by atoms with van der Waals surface area (Å²) in [5.41, 5.74) is 3.03. The molecule has 6 heteroatoms. The monoisotopic (exact) mass is 393 g/mol. The summed E-state index contributed by atoms with van der Waals surface area (Å²) in [5, 5.41) is 9.82. The Kier molecular flexibility index (Phi) is 5.99. The number of carbonyl (C=O) groups excluding carboxylic acids is 1. The zero-order chi connectivity index (χ0) is 19.2. The first-order valence-electron chi connectivity index (χ1n) is 9.49. The normalized spacial score (nSPS) is 17.1. The predicted octanol–water partition coefficient (Wildman–Crippen LogP) is 3.97. The van der Waals surface area contributed by atoms with Crippen LogP contribution in [0.1, 0.15) is 24.0 Å². The van der Waals surface area contributed by atoms with E-state index >= 15 is 0 Å². The van der Waals surface area contributed by atoms with E-state index in [1.54, 1.807) is 17.4 Å². The maximum Gasteiger partial charge on any atom is 0.244 e. The lowest BCUT2D eigenvalue weighted by Gasteiger charge is -2.22. The summed E-state index contributed by atoms with van der Waals surface area (Å²) < 4.78 is 7.35. The number of ether oxygens (including phenoxy) is 1. The van der Waals surface area contributed by atoms with Crippen molar-refractivity contribution in [3.8, 4) is 10.6 Å². The molecule has 4 rings (SSSR count). The van der Waals surface area contributed by atoms with Gasteiger partial charge in [-0.3, -0.25) is 9.48 Å². The lowest BCUT2D eigenvalue weighted by molar-refractivity contribution is -0.118.